The number of carbonyl (C=O) groups is 1. The molecule has 2 rings (SSSR count). The van der Waals surface area contributed by atoms with E-state index >= 15 is 0 Å². The Balaban J connectivity index is 1.94. The quantitative estimate of drug-likeness (QED) is 0.765. The first-order valence-corrected chi connectivity index (χ1v) is 7.75. The van der Waals surface area contributed by atoms with Gasteiger partial charge in [0.05, 0.1) is 11.9 Å². The molecule has 0 spiro atoms. The SMILES string of the molecule is CCCCNc1ccc(C(=O)Nc2ccc(Br)cc2)nc1. The van der Waals surface area contributed by atoms with Crippen LogP contribution in [-0.4, -0.2) is 17.4 Å². The summed E-state index contributed by atoms with van der Waals surface area (Å²) in [5, 5.41) is 6.08. The Labute approximate surface area is 133 Å². The third kappa shape index (κ3) is 4.86. The fourth-order valence-corrected chi connectivity index (χ4v) is 2.03. The molecule has 0 radical (unpaired) electrons. The second-order valence-corrected chi connectivity index (χ2v) is 5.59. The topological polar surface area (TPSA) is 54.0 Å². The van der Waals surface area contributed by atoms with Crippen LogP contribution in [0.15, 0.2) is 47.1 Å². The van der Waals surface area contributed by atoms with Crippen LogP contribution in [0.4, 0.5) is 11.4 Å². The molecule has 0 unspecified atom stereocenters. The van der Waals surface area contributed by atoms with Crippen molar-refractivity contribution in [2.24, 2.45) is 0 Å². The molecule has 1 aromatic carbocycles. The maximum Gasteiger partial charge on any atom is 0.274 e. The summed E-state index contributed by atoms with van der Waals surface area (Å²) in [7, 11) is 0. The van der Waals surface area contributed by atoms with Crippen LogP contribution in [0.2, 0.25) is 0 Å². The molecule has 0 fully saturated rings. The Morgan fingerprint density at radius 3 is 2.48 bits per heavy atom. The molecule has 21 heavy (non-hydrogen) atoms. The molecule has 0 aliphatic heterocycles. The number of pyridine rings is 1. The molecule has 110 valence electrons. The van der Waals surface area contributed by atoms with Gasteiger partial charge in [-0.05, 0) is 42.8 Å². The van der Waals surface area contributed by atoms with Gasteiger partial charge in [-0.2, -0.15) is 0 Å². The van der Waals surface area contributed by atoms with Crippen LogP contribution >= 0.6 is 15.9 Å². The van der Waals surface area contributed by atoms with Gasteiger partial charge in [-0.15, -0.1) is 0 Å². The average molecular weight is 348 g/mol. The van der Waals surface area contributed by atoms with Gasteiger partial charge in [0.2, 0.25) is 0 Å². The number of nitrogens with zero attached hydrogens (tertiary/aromatic N) is 1. The van der Waals surface area contributed by atoms with Crippen molar-refractivity contribution >= 4 is 33.2 Å². The van der Waals surface area contributed by atoms with Crippen molar-refractivity contribution in [3.63, 3.8) is 0 Å². The van der Waals surface area contributed by atoms with E-state index in [9.17, 15) is 4.79 Å². The third-order valence-electron chi connectivity index (χ3n) is 2.96. The molecule has 1 heterocycles. The highest BCUT2D eigenvalue weighted by Crippen LogP contribution is 2.15. The molecule has 0 aliphatic carbocycles. The number of anilines is 2. The number of hydrogen-bond acceptors (Lipinski definition) is 3. The van der Waals surface area contributed by atoms with Crippen LogP contribution in [0, 0.1) is 0 Å². The van der Waals surface area contributed by atoms with E-state index in [1.54, 1.807) is 12.3 Å². The zero-order chi connectivity index (χ0) is 15.1. The summed E-state index contributed by atoms with van der Waals surface area (Å²) in [5.74, 6) is -0.211. The van der Waals surface area contributed by atoms with E-state index in [1.807, 2.05) is 30.3 Å². The van der Waals surface area contributed by atoms with E-state index < -0.39 is 0 Å². The standard InChI is InChI=1S/C16H18BrN3O/c1-2-3-10-18-14-8-9-15(19-11-14)16(21)20-13-6-4-12(17)5-7-13/h4-9,11,18H,2-3,10H2,1H3,(H,20,21). The van der Waals surface area contributed by atoms with Crippen molar-refractivity contribution in [3.05, 3.63) is 52.8 Å². The van der Waals surface area contributed by atoms with Crippen LogP contribution < -0.4 is 10.6 Å². The minimum atomic E-state index is -0.211. The minimum Gasteiger partial charge on any atom is -0.384 e. The summed E-state index contributed by atoms with van der Waals surface area (Å²) < 4.78 is 0.973. The lowest BCUT2D eigenvalue weighted by Crippen LogP contribution is -2.13. The zero-order valence-corrected chi connectivity index (χ0v) is 13.5. The van der Waals surface area contributed by atoms with Gasteiger partial charge in [0.1, 0.15) is 5.69 Å². The lowest BCUT2D eigenvalue weighted by molar-refractivity contribution is 0.102. The normalized spacial score (nSPS) is 10.2. The largest absolute Gasteiger partial charge is 0.384 e. The van der Waals surface area contributed by atoms with Gasteiger partial charge < -0.3 is 10.6 Å². The van der Waals surface area contributed by atoms with Gasteiger partial charge in [-0.25, -0.2) is 4.98 Å². The second kappa shape index (κ2) is 7.78. The van der Waals surface area contributed by atoms with Gasteiger partial charge >= 0.3 is 0 Å². The van der Waals surface area contributed by atoms with Crippen LogP contribution in [0.3, 0.4) is 0 Å². The first-order chi connectivity index (χ1) is 10.2. The first-order valence-electron chi connectivity index (χ1n) is 6.96. The Kier molecular flexibility index (Phi) is 5.75. The Morgan fingerprint density at radius 2 is 1.86 bits per heavy atom. The van der Waals surface area contributed by atoms with Crippen molar-refractivity contribution in [1.82, 2.24) is 4.98 Å². The predicted octanol–water partition coefficient (Wildman–Crippen LogP) is 4.31. The Bertz CT molecular complexity index is 581. The van der Waals surface area contributed by atoms with Crippen molar-refractivity contribution in [2.75, 3.05) is 17.2 Å². The minimum absolute atomic E-state index is 0.211. The summed E-state index contributed by atoms with van der Waals surface area (Å²) in [6.07, 6.45) is 3.95. The van der Waals surface area contributed by atoms with E-state index in [2.05, 4.69) is 38.5 Å². The number of amides is 1. The number of benzene rings is 1. The Hall–Kier alpha value is -1.88. The second-order valence-electron chi connectivity index (χ2n) is 4.67. The summed E-state index contributed by atoms with van der Waals surface area (Å²) in [4.78, 5) is 16.3. The van der Waals surface area contributed by atoms with E-state index in [0.29, 0.717) is 5.69 Å². The maximum atomic E-state index is 12.1. The third-order valence-corrected chi connectivity index (χ3v) is 3.49. The van der Waals surface area contributed by atoms with E-state index in [0.717, 1.165) is 35.2 Å². The van der Waals surface area contributed by atoms with Crippen molar-refractivity contribution < 1.29 is 4.79 Å². The molecule has 2 aromatic rings. The van der Waals surface area contributed by atoms with Crippen LogP contribution in [-0.2, 0) is 0 Å². The number of aromatic nitrogens is 1. The lowest BCUT2D eigenvalue weighted by Gasteiger charge is -2.07. The molecular formula is C16H18BrN3O. The first kappa shape index (κ1) is 15.5. The van der Waals surface area contributed by atoms with Crippen LogP contribution in [0.1, 0.15) is 30.3 Å². The zero-order valence-electron chi connectivity index (χ0n) is 11.9. The highest BCUT2D eigenvalue weighted by Gasteiger charge is 2.07. The van der Waals surface area contributed by atoms with E-state index in [-0.39, 0.29) is 5.91 Å². The van der Waals surface area contributed by atoms with E-state index in [4.69, 9.17) is 0 Å². The van der Waals surface area contributed by atoms with Gasteiger partial charge in [0.25, 0.3) is 5.91 Å². The number of rotatable bonds is 6. The average Bonchev–Trinajstić information content (AvgIpc) is 2.50. The fourth-order valence-electron chi connectivity index (χ4n) is 1.77. The van der Waals surface area contributed by atoms with Crippen molar-refractivity contribution in [1.29, 1.82) is 0 Å². The predicted molar refractivity (Wildman–Crippen MR) is 89.7 cm³/mol. The molecule has 0 aliphatic rings. The maximum absolute atomic E-state index is 12.1. The smallest absolute Gasteiger partial charge is 0.274 e. The fraction of sp³-hybridized carbons (Fsp3) is 0.250. The molecular weight excluding hydrogens is 330 g/mol. The summed E-state index contributed by atoms with van der Waals surface area (Å²) in [6, 6.07) is 11.0. The lowest BCUT2D eigenvalue weighted by atomic mass is 10.2. The molecule has 0 saturated heterocycles. The number of halogens is 1. The highest BCUT2D eigenvalue weighted by atomic mass is 79.9. The molecule has 4 nitrogen and oxygen atoms in total. The molecule has 1 amide bonds. The monoisotopic (exact) mass is 347 g/mol. The Morgan fingerprint density at radius 1 is 1.14 bits per heavy atom. The van der Waals surface area contributed by atoms with Crippen molar-refractivity contribution in [2.45, 2.75) is 19.8 Å². The molecule has 2 N–H and O–H groups in total. The number of carbonyl (C=O) groups excluding carboxylic acids is 1. The molecule has 0 atom stereocenters. The number of hydrogen-bond donors (Lipinski definition) is 2. The molecule has 0 bridgehead atoms. The van der Waals surface area contributed by atoms with Gasteiger partial charge in [-0.1, -0.05) is 29.3 Å². The van der Waals surface area contributed by atoms with Crippen LogP contribution in [0.5, 0.6) is 0 Å². The molecule has 0 saturated carbocycles. The highest BCUT2D eigenvalue weighted by molar-refractivity contribution is 9.10. The van der Waals surface area contributed by atoms with Gasteiger partial charge in [0.15, 0.2) is 0 Å². The number of unbranched alkanes of at least 4 members (excludes halogenated alkanes) is 1. The van der Waals surface area contributed by atoms with Gasteiger partial charge in [-0.3, -0.25) is 4.79 Å². The molecule has 5 heteroatoms. The van der Waals surface area contributed by atoms with Crippen LogP contribution in [0.25, 0.3) is 0 Å². The van der Waals surface area contributed by atoms with Gasteiger partial charge in [0, 0.05) is 16.7 Å². The summed E-state index contributed by atoms with van der Waals surface area (Å²) in [6.45, 7) is 3.07. The number of nitrogens with one attached hydrogen (secondary N) is 2. The summed E-state index contributed by atoms with van der Waals surface area (Å²) in [5.41, 5.74) is 2.08. The van der Waals surface area contributed by atoms with Crippen molar-refractivity contribution in [3.8, 4) is 0 Å². The summed E-state index contributed by atoms with van der Waals surface area (Å²) >= 11 is 3.36. The van der Waals surface area contributed by atoms with E-state index in [1.165, 1.54) is 0 Å². The molecule has 1 aromatic heterocycles.